The zero-order valence-electron chi connectivity index (χ0n) is 11.6. The zero-order chi connectivity index (χ0) is 13.3. The summed E-state index contributed by atoms with van der Waals surface area (Å²) >= 11 is 0. The minimum atomic E-state index is -0.191. The standard InChI is InChI=1S/C15H21NO2/c1-10-7-12(13(18-4)8-11(10)2)14(17)15(5-6-15)9-16-3/h7-8,16H,5-6,9H2,1-4H3. The number of Topliss-reactive ketones (excluding diaryl/α,β-unsaturated/α-hetero) is 1. The number of hydrogen-bond acceptors (Lipinski definition) is 3. The molecule has 18 heavy (non-hydrogen) atoms. The molecule has 0 spiro atoms. The van der Waals surface area contributed by atoms with Gasteiger partial charge in [0.1, 0.15) is 5.75 Å². The average molecular weight is 247 g/mol. The predicted octanol–water partition coefficient (Wildman–Crippen LogP) is 2.49. The summed E-state index contributed by atoms with van der Waals surface area (Å²) in [4.78, 5) is 12.6. The number of nitrogens with one attached hydrogen (secondary N) is 1. The zero-order valence-corrected chi connectivity index (χ0v) is 11.6. The Balaban J connectivity index is 2.38. The first kappa shape index (κ1) is 13.1. The Hall–Kier alpha value is -1.35. The molecule has 0 saturated heterocycles. The van der Waals surface area contributed by atoms with Crippen molar-refractivity contribution in [2.75, 3.05) is 20.7 Å². The van der Waals surface area contributed by atoms with Gasteiger partial charge in [0.15, 0.2) is 5.78 Å². The van der Waals surface area contributed by atoms with Crippen LogP contribution in [0.25, 0.3) is 0 Å². The molecule has 0 atom stereocenters. The third-order valence-corrected chi connectivity index (χ3v) is 3.91. The molecule has 0 unspecified atom stereocenters. The summed E-state index contributed by atoms with van der Waals surface area (Å²) < 4.78 is 5.36. The van der Waals surface area contributed by atoms with Crippen molar-refractivity contribution in [3.05, 3.63) is 28.8 Å². The Morgan fingerprint density at radius 1 is 1.33 bits per heavy atom. The van der Waals surface area contributed by atoms with Crippen LogP contribution in [0.2, 0.25) is 0 Å². The van der Waals surface area contributed by atoms with E-state index in [1.165, 1.54) is 0 Å². The molecule has 1 aromatic carbocycles. The van der Waals surface area contributed by atoms with E-state index < -0.39 is 0 Å². The number of rotatable bonds is 5. The first-order valence-corrected chi connectivity index (χ1v) is 6.39. The van der Waals surface area contributed by atoms with Crippen molar-refractivity contribution >= 4 is 5.78 Å². The predicted molar refractivity (Wildman–Crippen MR) is 72.4 cm³/mol. The molecule has 0 radical (unpaired) electrons. The van der Waals surface area contributed by atoms with Gasteiger partial charge in [-0.1, -0.05) is 0 Å². The van der Waals surface area contributed by atoms with Gasteiger partial charge < -0.3 is 10.1 Å². The smallest absolute Gasteiger partial charge is 0.174 e. The van der Waals surface area contributed by atoms with Crippen LogP contribution in [-0.2, 0) is 0 Å². The number of ketones is 1. The molecule has 98 valence electrons. The Morgan fingerprint density at radius 2 is 1.94 bits per heavy atom. The molecule has 0 aromatic heterocycles. The second kappa shape index (κ2) is 4.73. The second-order valence-corrected chi connectivity index (χ2v) is 5.28. The first-order valence-electron chi connectivity index (χ1n) is 6.39. The molecule has 1 aliphatic carbocycles. The SMILES string of the molecule is CNCC1(C(=O)c2cc(C)c(C)cc2OC)CC1. The van der Waals surface area contributed by atoms with Gasteiger partial charge in [-0.3, -0.25) is 4.79 Å². The van der Waals surface area contributed by atoms with E-state index in [4.69, 9.17) is 4.74 Å². The van der Waals surface area contributed by atoms with E-state index in [0.29, 0.717) is 5.75 Å². The molecule has 1 N–H and O–H groups in total. The molecule has 3 nitrogen and oxygen atoms in total. The fraction of sp³-hybridized carbons (Fsp3) is 0.533. The summed E-state index contributed by atoms with van der Waals surface area (Å²) in [6, 6.07) is 3.92. The van der Waals surface area contributed by atoms with E-state index in [9.17, 15) is 4.79 Å². The molecular formula is C15H21NO2. The number of carbonyl (C=O) groups is 1. The fourth-order valence-electron chi connectivity index (χ4n) is 2.40. The molecule has 1 fully saturated rings. The number of benzene rings is 1. The quantitative estimate of drug-likeness (QED) is 0.812. The maximum absolute atomic E-state index is 12.6. The van der Waals surface area contributed by atoms with E-state index in [0.717, 1.165) is 36.1 Å². The van der Waals surface area contributed by atoms with Crippen molar-refractivity contribution in [2.45, 2.75) is 26.7 Å². The minimum Gasteiger partial charge on any atom is -0.496 e. The van der Waals surface area contributed by atoms with Crippen molar-refractivity contribution in [1.82, 2.24) is 5.32 Å². The number of aryl methyl sites for hydroxylation is 2. The van der Waals surface area contributed by atoms with Crippen molar-refractivity contribution in [3.63, 3.8) is 0 Å². The number of carbonyl (C=O) groups excluding carboxylic acids is 1. The van der Waals surface area contributed by atoms with Gasteiger partial charge in [0, 0.05) is 12.0 Å². The lowest BCUT2D eigenvalue weighted by atomic mass is 9.92. The normalized spacial score (nSPS) is 16.4. The van der Waals surface area contributed by atoms with E-state index in [1.54, 1.807) is 7.11 Å². The minimum absolute atomic E-state index is 0.191. The van der Waals surface area contributed by atoms with Crippen LogP contribution >= 0.6 is 0 Å². The molecule has 0 heterocycles. The highest BCUT2D eigenvalue weighted by molar-refractivity contribution is 6.04. The maximum atomic E-state index is 12.6. The van der Waals surface area contributed by atoms with Crippen LogP contribution in [-0.4, -0.2) is 26.5 Å². The van der Waals surface area contributed by atoms with Crippen LogP contribution in [0.1, 0.15) is 34.3 Å². The summed E-state index contributed by atoms with van der Waals surface area (Å²) in [5.74, 6) is 0.919. The Bertz CT molecular complexity index is 476. The summed E-state index contributed by atoms with van der Waals surface area (Å²) in [7, 11) is 3.52. The van der Waals surface area contributed by atoms with Crippen LogP contribution in [0.5, 0.6) is 5.75 Å². The van der Waals surface area contributed by atoms with E-state index in [2.05, 4.69) is 5.32 Å². The van der Waals surface area contributed by atoms with Crippen LogP contribution in [0, 0.1) is 19.3 Å². The Kier molecular flexibility index (Phi) is 3.44. The van der Waals surface area contributed by atoms with Gasteiger partial charge in [0.2, 0.25) is 0 Å². The van der Waals surface area contributed by atoms with Crippen LogP contribution in [0.3, 0.4) is 0 Å². The molecule has 0 aliphatic heterocycles. The second-order valence-electron chi connectivity index (χ2n) is 5.28. The van der Waals surface area contributed by atoms with Gasteiger partial charge in [-0.25, -0.2) is 0 Å². The molecule has 1 aliphatic rings. The lowest BCUT2D eigenvalue weighted by Gasteiger charge is -2.17. The highest BCUT2D eigenvalue weighted by atomic mass is 16.5. The molecular weight excluding hydrogens is 226 g/mol. The Labute approximate surface area is 109 Å². The number of methoxy groups -OCH3 is 1. The largest absolute Gasteiger partial charge is 0.496 e. The summed E-state index contributed by atoms with van der Waals surface area (Å²) in [6.07, 6.45) is 1.95. The number of ether oxygens (including phenoxy) is 1. The van der Waals surface area contributed by atoms with Gasteiger partial charge in [0.05, 0.1) is 12.7 Å². The van der Waals surface area contributed by atoms with Gasteiger partial charge in [0.25, 0.3) is 0 Å². The van der Waals surface area contributed by atoms with Gasteiger partial charge in [-0.05, 0) is 57.0 Å². The summed E-state index contributed by atoms with van der Waals surface area (Å²) in [5, 5.41) is 3.12. The average Bonchev–Trinajstić information content (AvgIpc) is 3.12. The van der Waals surface area contributed by atoms with Gasteiger partial charge in [-0.15, -0.1) is 0 Å². The van der Waals surface area contributed by atoms with Gasteiger partial charge >= 0.3 is 0 Å². The van der Waals surface area contributed by atoms with E-state index in [1.807, 2.05) is 33.0 Å². The third kappa shape index (κ3) is 2.15. The molecule has 1 aromatic rings. The van der Waals surface area contributed by atoms with Crippen LogP contribution in [0.15, 0.2) is 12.1 Å². The van der Waals surface area contributed by atoms with Crippen LogP contribution in [0.4, 0.5) is 0 Å². The fourth-order valence-corrected chi connectivity index (χ4v) is 2.40. The molecule has 0 amide bonds. The highest BCUT2D eigenvalue weighted by Gasteiger charge is 2.49. The van der Waals surface area contributed by atoms with Gasteiger partial charge in [-0.2, -0.15) is 0 Å². The van der Waals surface area contributed by atoms with Crippen molar-refractivity contribution in [3.8, 4) is 5.75 Å². The topological polar surface area (TPSA) is 38.3 Å². The first-order chi connectivity index (χ1) is 8.54. The number of hydrogen-bond donors (Lipinski definition) is 1. The van der Waals surface area contributed by atoms with E-state index >= 15 is 0 Å². The van der Waals surface area contributed by atoms with Crippen molar-refractivity contribution in [1.29, 1.82) is 0 Å². The molecule has 0 bridgehead atoms. The third-order valence-electron chi connectivity index (χ3n) is 3.91. The van der Waals surface area contributed by atoms with Crippen molar-refractivity contribution < 1.29 is 9.53 Å². The molecule has 2 rings (SSSR count). The summed E-state index contributed by atoms with van der Waals surface area (Å²) in [5.41, 5.74) is 2.83. The van der Waals surface area contributed by atoms with Crippen molar-refractivity contribution in [2.24, 2.45) is 5.41 Å². The molecule has 3 heteroatoms. The lowest BCUT2D eigenvalue weighted by molar-refractivity contribution is 0.0897. The monoisotopic (exact) mass is 247 g/mol. The molecule has 1 saturated carbocycles. The summed E-state index contributed by atoms with van der Waals surface area (Å²) in [6.45, 7) is 4.82. The highest BCUT2D eigenvalue weighted by Crippen LogP contribution is 2.48. The van der Waals surface area contributed by atoms with Crippen LogP contribution < -0.4 is 10.1 Å². The maximum Gasteiger partial charge on any atom is 0.174 e. The lowest BCUT2D eigenvalue weighted by Crippen LogP contribution is -2.28. The Morgan fingerprint density at radius 3 is 2.44 bits per heavy atom. The van der Waals surface area contributed by atoms with E-state index in [-0.39, 0.29) is 11.2 Å².